The summed E-state index contributed by atoms with van der Waals surface area (Å²) in [5.74, 6) is 0.471. The lowest BCUT2D eigenvalue weighted by Gasteiger charge is -2.19. The molecular formula is C17H19Br. The Morgan fingerprint density at radius 2 is 1.50 bits per heavy atom. The van der Waals surface area contributed by atoms with Crippen LogP contribution in [0, 0.1) is 0 Å². The molecular weight excluding hydrogens is 284 g/mol. The zero-order valence-electron chi connectivity index (χ0n) is 10.9. The van der Waals surface area contributed by atoms with Crippen molar-refractivity contribution in [3.8, 4) is 0 Å². The van der Waals surface area contributed by atoms with E-state index >= 15 is 0 Å². The fourth-order valence-electron chi connectivity index (χ4n) is 2.15. The topological polar surface area (TPSA) is 0 Å². The summed E-state index contributed by atoms with van der Waals surface area (Å²) in [6.45, 7) is 4.45. The summed E-state index contributed by atoms with van der Waals surface area (Å²) in [6.07, 6.45) is 1.10. The van der Waals surface area contributed by atoms with Gasteiger partial charge in [-0.05, 0) is 29.0 Å². The minimum Gasteiger partial charge on any atom is -0.0832 e. The van der Waals surface area contributed by atoms with Crippen molar-refractivity contribution in [2.75, 3.05) is 0 Å². The zero-order valence-corrected chi connectivity index (χ0v) is 12.5. The minimum absolute atomic E-state index is 0.366. The van der Waals surface area contributed by atoms with Crippen LogP contribution in [-0.4, -0.2) is 0 Å². The molecule has 0 nitrogen and oxygen atoms in total. The Hall–Kier alpha value is -1.08. The lowest BCUT2D eigenvalue weighted by Crippen LogP contribution is -2.02. The van der Waals surface area contributed by atoms with Gasteiger partial charge in [-0.25, -0.2) is 0 Å². The Balaban J connectivity index is 2.17. The van der Waals surface area contributed by atoms with Crippen LogP contribution < -0.4 is 0 Å². The van der Waals surface area contributed by atoms with E-state index in [0.717, 1.165) is 6.42 Å². The number of hydrogen-bond donors (Lipinski definition) is 0. The summed E-state index contributed by atoms with van der Waals surface area (Å²) in [5.41, 5.74) is 4.12. The largest absolute Gasteiger partial charge is 0.0832 e. The maximum Gasteiger partial charge on any atom is 0.0461 e. The van der Waals surface area contributed by atoms with Gasteiger partial charge in [-0.2, -0.15) is 0 Å². The summed E-state index contributed by atoms with van der Waals surface area (Å²) < 4.78 is 0. The van der Waals surface area contributed by atoms with Crippen molar-refractivity contribution in [3.05, 3.63) is 71.3 Å². The molecule has 2 aromatic carbocycles. The van der Waals surface area contributed by atoms with Crippen LogP contribution >= 0.6 is 15.9 Å². The van der Waals surface area contributed by atoms with Gasteiger partial charge in [0.15, 0.2) is 0 Å². The average Bonchev–Trinajstić information content (AvgIpc) is 2.47. The summed E-state index contributed by atoms with van der Waals surface area (Å²) >= 11 is 3.83. The maximum absolute atomic E-state index is 3.83. The Labute approximate surface area is 118 Å². The second-order valence-electron chi connectivity index (χ2n) is 4.70. The molecule has 0 aliphatic carbocycles. The molecule has 0 saturated carbocycles. The molecule has 0 bridgehead atoms. The Kier molecular flexibility index (Phi) is 4.60. The summed E-state index contributed by atoms with van der Waals surface area (Å²) in [5, 5.41) is 0. The van der Waals surface area contributed by atoms with Crippen molar-refractivity contribution in [2.24, 2.45) is 0 Å². The first kappa shape index (κ1) is 13.4. The molecule has 2 atom stereocenters. The Morgan fingerprint density at radius 1 is 0.889 bits per heavy atom. The molecule has 0 aliphatic heterocycles. The number of halogens is 1. The second kappa shape index (κ2) is 6.19. The predicted octanol–water partition coefficient (Wildman–Crippen LogP) is 5.49. The van der Waals surface area contributed by atoms with E-state index in [4.69, 9.17) is 0 Å². The highest BCUT2D eigenvalue weighted by atomic mass is 79.9. The van der Waals surface area contributed by atoms with Crippen molar-refractivity contribution in [1.29, 1.82) is 0 Å². The predicted molar refractivity (Wildman–Crippen MR) is 82.3 cm³/mol. The summed E-state index contributed by atoms with van der Waals surface area (Å²) in [4.78, 5) is 0.366. The van der Waals surface area contributed by atoms with Crippen LogP contribution in [0.3, 0.4) is 0 Å². The molecule has 94 valence electrons. The van der Waals surface area contributed by atoms with Crippen molar-refractivity contribution in [3.63, 3.8) is 0 Å². The van der Waals surface area contributed by atoms with Gasteiger partial charge >= 0.3 is 0 Å². The minimum atomic E-state index is 0.366. The first-order valence-corrected chi connectivity index (χ1v) is 7.41. The van der Waals surface area contributed by atoms with Crippen LogP contribution in [0.15, 0.2) is 54.6 Å². The van der Waals surface area contributed by atoms with E-state index in [1.54, 1.807) is 0 Å². The monoisotopic (exact) mass is 302 g/mol. The third kappa shape index (κ3) is 3.02. The lowest BCUT2D eigenvalue weighted by molar-refractivity contribution is 0.751. The molecule has 0 saturated heterocycles. The van der Waals surface area contributed by atoms with Crippen molar-refractivity contribution >= 4 is 15.9 Å². The Morgan fingerprint density at radius 3 is 2.06 bits per heavy atom. The van der Waals surface area contributed by atoms with Gasteiger partial charge in [-0.3, -0.25) is 0 Å². The van der Waals surface area contributed by atoms with Gasteiger partial charge in [0.2, 0.25) is 0 Å². The van der Waals surface area contributed by atoms with Crippen LogP contribution in [-0.2, 0) is 6.42 Å². The van der Waals surface area contributed by atoms with Gasteiger partial charge in [0.25, 0.3) is 0 Å². The van der Waals surface area contributed by atoms with Gasteiger partial charge in [0.1, 0.15) is 0 Å². The first-order valence-electron chi connectivity index (χ1n) is 6.50. The molecule has 0 amide bonds. The molecule has 0 radical (unpaired) electrons. The molecule has 18 heavy (non-hydrogen) atoms. The molecule has 0 N–H and O–H groups in total. The number of alkyl halides is 1. The quantitative estimate of drug-likeness (QED) is 0.655. The van der Waals surface area contributed by atoms with E-state index < -0.39 is 0 Å². The number of rotatable bonds is 4. The normalized spacial score (nSPS) is 14.2. The SMILES string of the molecule is CCc1ccc(C(Br)C(C)c2ccccc2)cc1. The van der Waals surface area contributed by atoms with Crippen molar-refractivity contribution in [1.82, 2.24) is 0 Å². The summed E-state index contributed by atoms with van der Waals surface area (Å²) in [7, 11) is 0. The summed E-state index contributed by atoms with van der Waals surface area (Å²) in [6, 6.07) is 19.6. The lowest BCUT2D eigenvalue weighted by atomic mass is 9.93. The van der Waals surface area contributed by atoms with E-state index in [9.17, 15) is 0 Å². The number of benzene rings is 2. The maximum atomic E-state index is 3.83. The molecule has 0 heterocycles. The molecule has 2 aromatic rings. The zero-order chi connectivity index (χ0) is 13.0. The first-order chi connectivity index (χ1) is 8.72. The van der Waals surface area contributed by atoms with Crippen LogP contribution in [0.5, 0.6) is 0 Å². The fourth-order valence-corrected chi connectivity index (χ4v) is 2.76. The molecule has 0 aliphatic rings. The smallest absolute Gasteiger partial charge is 0.0461 e. The molecule has 1 heteroatoms. The van der Waals surface area contributed by atoms with Crippen LogP contribution in [0.1, 0.15) is 41.3 Å². The third-order valence-electron chi connectivity index (χ3n) is 3.47. The van der Waals surface area contributed by atoms with Gasteiger partial charge < -0.3 is 0 Å². The van der Waals surface area contributed by atoms with Gasteiger partial charge in [-0.15, -0.1) is 0 Å². The number of aryl methyl sites for hydroxylation is 1. The van der Waals surface area contributed by atoms with Crippen LogP contribution in [0.2, 0.25) is 0 Å². The van der Waals surface area contributed by atoms with Gasteiger partial charge in [0, 0.05) is 4.83 Å². The molecule has 2 unspecified atom stereocenters. The van der Waals surface area contributed by atoms with E-state index in [0.29, 0.717) is 10.7 Å². The molecule has 0 aromatic heterocycles. The molecule has 0 spiro atoms. The highest BCUT2D eigenvalue weighted by molar-refractivity contribution is 9.09. The van der Waals surface area contributed by atoms with E-state index in [-0.39, 0.29) is 0 Å². The van der Waals surface area contributed by atoms with E-state index in [1.165, 1.54) is 16.7 Å². The van der Waals surface area contributed by atoms with Crippen LogP contribution in [0.4, 0.5) is 0 Å². The highest BCUT2D eigenvalue weighted by Crippen LogP contribution is 2.37. The third-order valence-corrected chi connectivity index (χ3v) is 4.79. The molecule has 0 fully saturated rings. The van der Waals surface area contributed by atoms with E-state index in [1.807, 2.05) is 0 Å². The van der Waals surface area contributed by atoms with Gasteiger partial charge in [0.05, 0.1) is 0 Å². The fraction of sp³-hybridized carbons (Fsp3) is 0.294. The van der Waals surface area contributed by atoms with Crippen LogP contribution in [0.25, 0.3) is 0 Å². The molecule has 2 rings (SSSR count). The number of hydrogen-bond acceptors (Lipinski definition) is 0. The van der Waals surface area contributed by atoms with Crippen molar-refractivity contribution < 1.29 is 0 Å². The van der Waals surface area contributed by atoms with Gasteiger partial charge in [-0.1, -0.05) is 84.4 Å². The Bertz CT molecular complexity index is 473. The standard InChI is InChI=1S/C17H19Br/c1-3-14-9-11-16(12-10-14)17(18)13(2)15-7-5-4-6-8-15/h4-13,17H,3H2,1-2H3. The highest BCUT2D eigenvalue weighted by Gasteiger charge is 2.17. The second-order valence-corrected chi connectivity index (χ2v) is 5.68. The average molecular weight is 303 g/mol. The van der Waals surface area contributed by atoms with E-state index in [2.05, 4.69) is 84.4 Å². The van der Waals surface area contributed by atoms with Crippen molar-refractivity contribution in [2.45, 2.75) is 31.0 Å².